The molecule has 1 aliphatic rings. The van der Waals surface area contributed by atoms with Crippen LogP contribution in [0.1, 0.15) is 37.8 Å². The maximum Gasteiger partial charge on any atom is 0.435 e. The van der Waals surface area contributed by atoms with Gasteiger partial charge in [-0.1, -0.05) is 71.5 Å². The molecular weight excluding hydrogens is 523 g/mol. The van der Waals surface area contributed by atoms with E-state index in [1.165, 1.54) is 17.0 Å². The Bertz CT molecular complexity index is 1100. The van der Waals surface area contributed by atoms with Crippen LogP contribution >= 0.6 is 46.4 Å². The Balaban J connectivity index is 1.95. The molecule has 0 saturated heterocycles. The molecule has 0 aromatic heterocycles. The number of oxime groups is 1. The second-order valence-corrected chi connectivity index (χ2v) is 9.36. The molecular formula is C22H19Cl4F3N2O2. The van der Waals surface area contributed by atoms with Crippen molar-refractivity contribution in [1.29, 1.82) is 0 Å². The minimum atomic E-state index is -4.84. The zero-order valence-electron chi connectivity index (χ0n) is 17.7. The summed E-state index contributed by atoms with van der Waals surface area (Å²) in [6.45, 7) is 3.70. The van der Waals surface area contributed by atoms with Crippen LogP contribution in [-0.2, 0) is 15.2 Å². The van der Waals surface area contributed by atoms with E-state index in [1.807, 2.05) is 6.92 Å². The van der Waals surface area contributed by atoms with Gasteiger partial charge in [-0.25, -0.2) is 0 Å². The zero-order chi connectivity index (χ0) is 24.7. The van der Waals surface area contributed by atoms with Crippen molar-refractivity contribution in [3.05, 3.63) is 61.5 Å². The largest absolute Gasteiger partial charge is 0.435 e. The number of hydrogen-bond acceptors (Lipinski definition) is 3. The fraction of sp³-hybridized carbons (Fsp3) is 0.364. The van der Waals surface area contributed by atoms with Crippen molar-refractivity contribution < 1.29 is 22.8 Å². The van der Waals surface area contributed by atoms with Crippen LogP contribution < -0.4 is 4.90 Å². The molecule has 4 nitrogen and oxygen atoms in total. The summed E-state index contributed by atoms with van der Waals surface area (Å²) in [5.74, 6) is -0.329. The van der Waals surface area contributed by atoms with E-state index in [-0.39, 0.29) is 43.2 Å². The van der Waals surface area contributed by atoms with Crippen LogP contribution in [0.2, 0.25) is 20.1 Å². The van der Waals surface area contributed by atoms with Crippen LogP contribution in [0.3, 0.4) is 0 Å². The molecule has 1 aliphatic heterocycles. The normalized spacial score (nSPS) is 19.2. The summed E-state index contributed by atoms with van der Waals surface area (Å²) in [4.78, 5) is 18.9. The van der Waals surface area contributed by atoms with Crippen LogP contribution in [0.15, 0.2) is 35.5 Å². The quantitative estimate of drug-likeness (QED) is 0.361. The summed E-state index contributed by atoms with van der Waals surface area (Å²) >= 11 is 24.2. The van der Waals surface area contributed by atoms with Crippen molar-refractivity contribution in [2.24, 2.45) is 11.1 Å². The highest BCUT2D eigenvalue weighted by Gasteiger charge is 2.62. The van der Waals surface area contributed by atoms with Gasteiger partial charge in [-0.3, -0.25) is 4.79 Å². The van der Waals surface area contributed by atoms with Crippen LogP contribution in [-0.4, -0.2) is 24.8 Å². The molecule has 2 aromatic rings. The van der Waals surface area contributed by atoms with E-state index < -0.39 is 18.2 Å². The van der Waals surface area contributed by atoms with Gasteiger partial charge in [-0.15, -0.1) is 0 Å². The van der Waals surface area contributed by atoms with Gasteiger partial charge in [0.05, 0.1) is 31.5 Å². The summed E-state index contributed by atoms with van der Waals surface area (Å²) in [7, 11) is 1.59. The van der Waals surface area contributed by atoms with E-state index in [9.17, 15) is 18.0 Å². The highest BCUT2D eigenvalue weighted by Crippen LogP contribution is 2.50. The molecule has 2 unspecified atom stereocenters. The van der Waals surface area contributed by atoms with Gasteiger partial charge in [-0.2, -0.15) is 13.2 Å². The summed E-state index contributed by atoms with van der Waals surface area (Å²) < 4.78 is 42.6. The second kappa shape index (κ2) is 9.53. The first-order chi connectivity index (χ1) is 15.3. The molecule has 0 fully saturated rings. The number of carbonyl (C=O) groups excluding carboxylic acids is 1. The third kappa shape index (κ3) is 4.78. The second-order valence-electron chi connectivity index (χ2n) is 7.76. The van der Waals surface area contributed by atoms with Gasteiger partial charge in [-0.05, 0) is 30.7 Å². The number of rotatable bonds is 5. The first kappa shape index (κ1) is 25.9. The molecule has 3 rings (SSSR count). The van der Waals surface area contributed by atoms with Gasteiger partial charge >= 0.3 is 6.18 Å². The number of hydrogen-bond donors (Lipinski definition) is 0. The molecule has 1 amide bonds. The Morgan fingerprint density at radius 1 is 1.15 bits per heavy atom. The lowest BCUT2D eigenvalue weighted by Crippen LogP contribution is -2.42. The van der Waals surface area contributed by atoms with Gasteiger partial charge < -0.3 is 9.74 Å². The molecule has 0 saturated carbocycles. The van der Waals surface area contributed by atoms with E-state index >= 15 is 0 Å². The fourth-order valence-electron chi connectivity index (χ4n) is 3.43. The highest BCUT2D eigenvalue weighted by molar-refractivity contribution is 6.48. The van der Waals surface area contributed by atoms with Crippen molar-refractivity contribution in [3.8, 4) is 0 Å². The first-order valence-corrected chi connectivity index (χ1v) is 11.4. The van der Waals surface area contributed by atoms with E-state index in [2.05, 4.69) is 5.16 Å². The van der Waals surface area contributed by atoms with Gasteiger partial charge in [0.15, 0.2) is 0 Å². The molecule has 0 radical (unpaired) electrons. The van der Waals surface area contributed by atoms with Crippen molar-refractivity contribution >= 4 is 63.7 Å². The molecule has 0 N–H and O–H groups in total. The average molecular weight is 542 g/mol. The first-order valence-electron chi connectivity index (χ1n) is 9.86. The van der Waals surface area contributed by atoms with Crippen molar-refractivity contribution in [2.75, 3.05) is 11.9 Å². The molecule has 0 bridgehead atoms. The van der Waals surface area contributed by atoms with E-state index in [0.29, 0.717) is 17.7 Å². The molecule has 178 valence electrons. The fourth-order valence-corrected chi connectivity index (χ4v) is 4.33. The van der Waals surface area contributed by atoms with Gasteiger partial charge in [0, 0.05) is 30.5 Å². The molecule has 0 aliphatic carbocycles. The van der Waals surface area contributed by atoms with Crippen molar-refractivity contribution in [2.45, 2.75) is 38.5 Å². The Hall–Kier alpha value is -1.67. The third-order valence-corrected chi connectivity index (χ3v) is 7.14. The lowest BCUT2D eigenvalue weighted by molar-refractivity contribution is -0.275. The number of carbonyl (C=O) groups is 1. The Morgan fingerprint density at radius 3 is 2.27 bits per heavy atom. The Labute approximate surface area is 209 Å². The lowest BCUT2D eigenvalue weighted by atomic mass is 9.86. The highest BCUT2D eigenvalue weighted by atomic mass is 35.5. The number of benzene rings is 2. The van der Waals surface area contributed by atoms with E-state index in [1.54, 1.807) is 20.0 Å². The minimum absolute atomic E-state index is 0.0267. The number of halogens is 7. The Morgan fingerprint density at radius 2 is 1.76 bits per heavy atom. The van der Waals surface area contributed by atoms with Crippen molar-refractivity contribution in [1.82, 2.24) is 0 Å². The maximum atomic E-state index is 14.2. The van der Waals surface area contributed by atoms with E-state index in [4.69, 9.17) is 51.2 Å². The van der Waals surface area contributed by atoms with Gasteiger partial charge in [0.2, 0.25) is 5.91 Å². The molecule has 1 heterocycles. The summed E-state index contributed by atoms with van der Waals surface area (Å²) in [6.07, 6.45) is -4.82. The topological polar surface area (TPSA) is 41.9 Å². The van der Waals surface area contributed by atoms with Gasteiger partial charge in [0.1, 0.15) is 0 Å². The van der Waals surface area contributed by atoms with Crippen molar-refractivity contribution in [3.63, 3.8) is 0 Å². The van der Waals surface area contributed by atoms with Crippen LogP contribution in [0.5, 0.6) is 0 Å². The van der Waals surface area contributed by atoms with Crippen LogP contribution in [0.4, 0.5) is 18.9 Å². The smallest absolute Gasteiger partial charge is 0.374 e. The summed E-state index contributed by atoms with van der Waals surface area (Å²) in [5.41, 5.74) is -2.34. The van der Waals surface area contributed by atoms with Crippen LogP contribution in [0.25, 0.3) is 0 Å². The molecule has 11 heteroatoms. The minimum Gasteiger partial charge on any atom is -0.374 e. The summed E-state index contributed by atoms with van der Waals surface area (Å²) in [6, 6.07) is 6.68. The molecule has 2 aromatic carbocycles. The predicted octanol–water partition coefficient (Wildman–Crippen LogP) is 7.89. The van der Waals surface area contributed by atoms with Gasteiger partial charge in [0.25, 0.3) is 5.60 Å². The molecule has 2 atom stereocenters. The number of amides is 1. The predicted molar refractivity (Wildman–Crippen MR) is 126 cm³/mol. The monoisotopic (exact) mass is 540 g/mol. The number of nitrogens with zero attached hydrogens (tertiary/aromatic N) is 2. The SMILES string of the molecule is CCC(C)C(=O)N(C)c1ccc(C2=NOC(c3cc(Cl)c(Cl)c(Cl)c3)(C(F)(F)F)C2)cc1Cl. The van der Waals surface area contributed by atoms with Crippen LogP contribution in [0, 0.1) is 5.92 Å². The van der Waals surface area contributed by atoms with E-state index in [0.717, 1.165) is 12.1 Å². The molecule has 33 heavy (non-hydrogen) atoms. The Kier molecular flexibility index (Phi) is 7.49. The lowest BCUT2D eigenvalue weighted by Gasteiger charge is -2.30. The zero-order valence-corrected chi connectivity index (χ0v) is 20.8. The number of alkyl halides is 3. The maximum absolute atomic E-state index is 14.2. The number of anilines is 1. The summed E-state index contributed by atoms with van der Waals surface area (Å²) in [5, 5.41) is 3.57. The molecule has 0 spiro atoms. The standard InChI is InChI=1S/C22H19Cl4F3N2O2/c1-4-11(2)20(32)31(3)18-6-5-12(7-14(18)23)17-10-21(33-30-17,22(27,28)29)13-8-15(24)19(26)16(25)9-13/h5-9,11H,4,10H2,1-3H3. The average Bonchev–Trinajstić information content (AvgIpc) is 3.22. The third-order valence-electron chi connectivity index (χ3n) is 5.64.